The van der Waals surface area contributed by atoms with Gasteiger partial charge in [-0.1, -0.05) is 15.9 Å². The molecule has 108 valence electrons. The van der Waals surface area contributed by atoms with E-state index in [4.69, 9.17) is 9.84 Å². The van der Waals surface area contributed by atoms with Gasteiger partial charge in [-0.05, 0) is 24.3 Å². The van der Waals surface area contributed by atoms with Crippen molar-refractivity contribution in [2.45, 2.75) is 12.5 Å². The maximum absolute atomic E-state index is 12.2. The van der Waals surface area contributed by atoms with E-state index >= 15 is 0 Å². The maximum Gasteiger partial charge on any atom is 0.322 e. The van der Waals surface area contributed by atoms with E-state index < -0.39 is 12.0 Å². The van der Waals surface area contributed by atoms with Crippen LogP contribution in [0.3, 0.4) is 0 Å². The number of carboxylic acid groups (broad SMARTS) is 1. The highest BCUT2D eigenvalue weighted by molar-refractivity contribution is 9.10. The van der Waals surface area contributed by atoms with Crippen molar-refractivity contribution in [3.8, 4) is 0 Å². The van der Waals surface area contributed by atoms with Crippen molar-refractivity contribution in [1.29, 1.82) is 0 Å². The maximum atomic E-state index is 12.2. The van der Waals surface area contributed by atoms with E-state index in [0.29, 0.717) is 18.8 Å². The largest absolute Gasteiger partial charge is 0.481 e. The molecule has 0 bridgehead atoms. The highest BCUT2D eigenvalue weighted by Crippen LogP contribution is 2.17. The molecule has 1 atom stereocenters. The first-order valence-corrected chi connectivity index (χ1v) is 6.98. The molecule has 0 aromatic heterocycles. The number of ether oxygens (including phenoxy) is 1. The second kappa shape index (κ2) is 6.71. The van der Waals surface area contributed by atoms with Crippen LogP contribution >= 0.6 is 15.9 Å². The molecule has 0 radical (unpaired) electrons. The zero-order valence-electron chi connectivity index (χ0n) is 10.7. The van der Waals surface area contributed by atoms with Crippen LogP contribution in [0.15, 0.2) is 28.7 Å². The lowest BCUT2D eigenvalue weighted by Gasteiger charge is -2.34. The van der Waals surface area contributed by atoms with Gasteiger partial charge in [-0.3, -0.25) is 4.79 Å². The van der Waals surface area contributed by atoms with Crippen molar-refractivity contribution in [3.63, 3.8) is 0 Å². The third kappa shape index (κ3) is 3.94. The van der Waals surface area contributed by atoms with E-state index in [9.17, 15) is 9.59 Å². The number of carbonyl (C=O) groups is 2. The third-order valence-electron chi connectivity index (χ3n) is 2.99. The molecule has 2 rings (SSSR count). The minimum Gasteiger partial charge on any atom is -0.481 e. The van der Waals surface area contributed by atoms with E-state index in [2.05, 4.69) is 21.2 Å². The van der Waals surface area contributed by atoms with Crippen LogP contribution in [-0.4, -0.2) is 47.8 Å². The first kappa shape index (κ1) is 14.8. The molecular weight excluding hydrogens is 328 g/mol. The summed E-state index contributed by atoms with van der Waals surface area (Å²) in [6.07, 6.45) is -0.117. The van der Waals surface area contributed by atoms with Gasteiger partial charge < -0.3 is 20.1 Å². The van der Waals surface area contributed by atoms with E-state index in [0.717, 1.165) is 4.47 Å². The molecule has 1 aliphatic rings. The van der Waals surface area contributed by atoms with Gasteiger partial charge in [-0.25, -0.2) is 4.79 Å². The first-order chi connectivity index (χ1) is 9.56. The molecule has 6 nitrogen and oxygen atoms in total. The highest BCUT2D eigenvalue weighted by atomic mass is 79.9. The fraction of sp³-hybridized carbons (Fsp3) is 0.385. The molecule has 20 heavy (non-hydrogen) atoms. The van der Waals surface area contributed by atoms with Crippen LogP contribution in [0.1, 0.15) is 6.42 Å². The molecule has 0 aliphatic carbocycles. The Bertz CT molecular complexity index is 492. The number of benzene rings is 1. The number of morpholine rings is 1. The number of urea groups is 1. The average Bonchev–Trinajstić information content (AvgIpc) is 2.41. The summed E-state index contributed by atoms with van der Waals surface area (Å²) in [5.74, 6) is -0.943. The lowest BCUT2D eigenvalue weighted by atomic mass is 10.1. The van der Waals surface area contributed by atoms with Crippen molar-refractivity contribution >= 4 is 33.6 Å². The van der Waals surface area contributed by atoms with Crippen LogP contribution in [0.5, 0.6) is 0 Å². The van der Waals surface area contributed by atoms with Crippen molar-refractivity contribution in [2.75, 3.05) is 25.1 Å². The van der Waals surface area contributed by atoms with Gasteiger partial charge in [0, 0.05) is 16.7 Å². The van der Waals surface area contributed by atoms with Gasteiger partial charge in [-0.2, -0.15) is 0 Å². The topological polar surface area (TPSA) is 78.9 Å². The zero-order chi connectivity index (χ0) is 14.5. The fourth-order valence-corrected chi connectivity index (χ4v) is 2.29. The molecule has 0 spiro atoms. The smallest absolute Gasteiger partial charge is 0.322 e. The lowest BCUT2D eigenvalue weighted by molar-refractivity contribution is -0.139. The van der Waals surface area contributed by atoms with Gasteiger partial charge in [0.2, 0.25) is 0 Å². The number of hydrogen-bond donors (Lipinski definition) is 2. The monoisotopic (exact) mass is 342 g/mol. The summed E-state index contributed by atoms with van der Waals surface area (Å²) < 4.78 is 6.16. The van der Waals surface area contributed by atoms with Crippen LogP contribution in [0, 0.1) is 0 Å². The van der Waals surface area contributed by atoms with E-state index in [1.165, 1.54) is 4.90 Å². The van der Waals surface area contributed by atoms with Gasteiger partial charge >= 0.3 is 12.0 Å². The molecular formula is C13H15BrN2O4. The highest BCUT2D eigenvalue weighted by Gasteiger charge is 2.29. The standard InChI is InChI=1S/C13H15BrN2O4/c14-9-1-3-10(4-2-9)15-13(19)16-5-6-20-8-11(16)7-12(17)18/h1-4,11H,5-8H2,(H,15,19)(H,17,18). The minimum atomic E-state index is -0.943. The van der Waals surface area contributed by atoms with E-state index in [1.54, 1.807) is 12.1 Å². The minimum absolute atomic E-state index is 0.117. The van der Waals surface area contributed by atoms with Gasteiger partial charge in [0.25, 0.3) is 0 Å². The molecule has 1 aromatic carbocycles. The molecule has 1 aromatic rings. The Kier molecular flexibility index (Phi) is 4.97. The predicted octanol–water partition coefficient (Wildman–Crippen LogP) is 2.16. The third-order valence-corrected chi connectivity index (χ3v) is 3.52. The van der Waals surface area contributed by atoms with Crippen molar-refractivity contribution < 1.29 is 19.4 Å². The Morgan fingerprint density at radius 1 is 1.40 bits per heavy atom. The second-order valence-corrected chi connectivity index (χ2v) is 5.37. The van der Waals surface area contributed by atoms with Crippen LogP contribution in [-0.2, 0) is 9.53 Å². The molecule has 2 amide bonds. The molecule has 1 aliphatic heterocycles. The zero-order valence-corrected chi connectivity index (χ0v) is 12.3. The van der Waals surface area contributed by atoms with Gasteiger partial charge in [0.1, 0.15) is 0 Å². The number of carboxylic acids is 1. The van der Waals surface area contributed by atoms with Gasteiger partial charge in [0.05, 0.1) is 25.7 Å². The Balaban J connectivity index is 2.01. The van der Waals surface area contributed by atoms with Crippen LogP contribution in [0.2, 0.25) is 0 Å². The summed E-state index contributed by atoms with van der Waals surface area (Å²) in [5, 5.41) is 11.6. The molecule has 1 saturated heterocycles. The molecule has 7 heteroatoms. The Morgan fingerprint density at radius 3 is 2.75 bits per heavy atom. The van der Waals surface area contributed by atoms with Crippen LogP contribution in [0.25, 0.3) is 0 Å². The summed E-state index contributed by atoms with van der Waals surface area (Å²) >= 11 is 3.32. The molecule has 1 unspecified atom stereocenters. The fourth-order valence-electron chi connectivity index (χ4n) is 2.02. The SMILES string of the molecule is O=C(O)CC1COCCN1C(=O)Nc1ccc(Br)cc1. The number of hydrogen-bond acceptors (Lipinski definition) is 3. The summed E-state index contributed by atoms with van der Waals surface area (Å²) in [6.45, 7) is 1.06. The normalized spacial score (nSPS) is 18.6. The lowest BCUT2D eigenvalue weighted by Crippen LogP contribution is -2.51. The Labute approximate surface area is 124 Å². The number of anilines is 1. The molecule has 0 saturated carbocycles. The van der Waals surface area contributed by atoms with Gasteiger partial charge in [0.15, 0.2) is 0 Å². The number of nitrogens with one attached hydrogen (secondary N) is 1. The molecule has 2 N–H and O–H groups in total. The summed E-state index contributed by atoms with van der Waals surface area (Å²) in [6, 6.07) is 6.45. The Hall–Kier alpha value is -1.60. The molecule has 1 heterocycles. The summed E-state index contributed by atoms with van der Waals surface area (Å²) in [5.41, 5.74) is 0.666. The van der Waals surface area contributed by atoms with Gasteiger partial charge in [-0.15, -0.1) is 0 Å². The second-order valence-electron chi connectivity index (χ2n) is 4.46. The number of amides is 2. The van der Waals surface area contributed by atoms with Crippen molar-refractivity contribution in [1.82, 2.24) is 4.90 Å². The van der Waals surface area contributed by atoms with Crippen molar-refractivity contribution in [3.05, 3.63) is 28.7 Å². The predicted molar refractivity (Wildman–Crippen MR) is 76.7 cm³/mol. The average molecular weight is 343 g/mol. The van der Waals surface area contributed by atoms with E-state index in [1.807, 2.05) is 12.1 Å². The molecule has 1 fully saturated rings. The number of carbonyl (C=O) groups excluding carboxylic acids is 1. The van der Waals surface area contributed by atoms with Crippen LogP contribution in [0.4, 0.5) is 10.5 Å². The number of nitrogens with zero attached hydrogens (tertiary/aromatic N) is 1. The Morgan fingerprint density at radius 2 is 2.10 bits per heavy atom. The van der Waals surface area contributed by atoms with E-state index in [-0.39, 0.29) is 19.1 Å². The number of aliphatic carboxylic acids is 1. The summed E-state index contributed by atoms with van der Waals surface area (Å²) in [4.78, 5) is 24.5. The first-order valence-electron chi connectivity index (χ1n) is 6.19. The number of halogens is 1. The quantitative estimate of drug-likeness (QED) is 0.882. The number of rotatable bonds is 3. The van der Waals surface area contributed by atoms with Crippen LogP contribution < -0.4 is 5.32 Å². The van der Waals surface area contributed by atoms with Crippen molar-refractivity contribution in [2.24, 2.45) is 0 Å². The summed E-state index contributed by atoms with van der Waals surface area (Å²) in [7, 11) is 0.